The molecule has 0 amide bonds. The monoisotopic (exact) mass is 452 g/mol. The van der Waals surface area contributed by atoms with Gasteiger partial charge < -0.3 is 14.2 Å². The third kappa shape index (κ3) is 2.76. The first-order valence-electron chi connectivity index (χ1n) is 12.1. The van der Waals surface area contributed by atoms with Gasteiger partial charge in [0.15, 0.2) is 11.5 Å². The standard InChI is InChI=1S/C29H26O3.C2H6/c1-17-13-24-20(14-26(17)30-2)21-15-27(31-3)28(32-4)16-25(21)29(24)22-11-7-5-9-18(22)19-10-6-8-12-23(19)29;1-2/h5-7,9-11,13-16H,8,12H2,1-4H3;1-2H3. The molecule has 0 fully saturated rings. The molecule has 0 bridgehead atoms. The van der Waals surface area contributed by atoms with Gasteiger partial charge in [-0.3, -0.25) is 0 Å². The number of methoxy groups -OCH3 is 3. The molecule has 1 atom stereocenters. The smallest absolute Gasteiger partial charge is 0.161 e. The first kappa shape index (κ1) is 22.3. The number of fused-ring (bicyclic) bond motifs is 9. The van der Waals surface area contributed by atoms with Gasteiger partial charge >= 0.3 is 0 Å². The number of hydrogen-bond acceptors (Lipinski definition) is 3. The molecule has 34 heavy (non-hydrogen) atoms. The number of ether oxygens (including phenoxy) is 3. The van der Waals surface area contributed by atoms with Gasteiger partial charge in [0.2, 0.25) is 0 Å². The zero-order valence-corrected chi connectivity index (χ0v) is 20.9. The van der Waals surface area contributed by atoms with Gasteiger partial charge in [-0.25, -0.2) is 0 Å². The van der Waals surface area contributed by atoms with Gasteiger partial charge in [0.25, 0.3) is 0 Å². The second-order valence-corrected chi connectivity index (χ2v) is 8.75. The van der Waals surface area contributed by atoms with Crippen LogP contribution >= 0.6 is 0 Å². The van der Waals surface area contributed by atoms with Crippen LogP contribution in [0.2, 0.25) is 0 Å². The fourth-order valence-electron chi connectivity index (χ4n) is 6.13. The molecule has 3 aliphatic rings. The summed E-state index contributed by atoms with van der Waals surface area (Å²) in [5.41, 5.74) is 11.4. The summed E-state index contributed by atoms with van der Waals surface area (Å²) in [5, 5.41) is 0. The second kappa shape index (κ2) is 8.39. The van der Waals surface area contributed by atoms with Crippen LogP contribution in [0.3, 0.4) is 0 Å². The Labute approximate surface area is 202 Å². The molecule has 1 unspecified atom stereocenters. The van der Waals surface area contributed by atoms with Crippen molar-refractivity contribution in [2.24, 2.45) is 0 Å². The number of aryl methyl sites for hydroxylation is 1. The normalized spacial score (nSPS) is 18.5. The van der Waals surface area contributed by atoms with Crippen LogP contribution in [0.15, 0.2) is 66.3 Å². The Morgan fingerprint density at radius 3 is 2.03 bits per heavy atom. The molecule has 0 heterocycles. The van der Waals surface area contributed by atoms with Gasteiger partial charge in [0.05, 0.1) is 26.7 Å². The third-order valence-electron chi connectivity index (χ3n) is 7.40. The molecule has 0 radical (unpaired) electrons. The summed E-state index contributed by atoms with van der Waals surface area (Å²) in [7, 11) is 5.15. The van der Waals surface area contributed by atoms with Gasteiger partial charge in [-0.05, 0) is 88.1 Å². The molecule has 1 spiro atoms. The summed E-state index contributed by atoms with van der Waals surface area (Å²) < 4.78 is 17.2. The predicted octanol–water partition coefficient (Wildman–Crippen LogP) is 7.48. The van der Waals surface area contributed by atoms with Crippen molar-refractivity contribution in [3.8, 4) is 28.4 Å². The Bertz CT molecular complexity index is 1350. The van der Waals surface area contributed by atoms with Gasteiger partial charge in [-0.2, -0.15) is 0 Å². The highest BCUT2D eigenvalue weighted by atomic mass is 16.5. The van der Waals surface area contributed by atoms with Crippen LogP contribution in [0.25, 0.3) is 16.7 Å². The van der Waals surface area contributed by atoms with E-state index in [-0.39, 0.29) is 5.41 Å². The van der Waals surface area contributed by atoms with Gasteiger partial charge in [0.1, 0.15) is 5.75 Å². The van der Waals surface area contributed by atoms with Crippen LogP contribution in [0.4, 0.5) is 0 Å². The highest BCUT2D eigenvalue weighted by Gasteiger charge is 2.53. The maximum atomic E-state index is 5.78. The van der Waals surface area contributed by atoms with E-state index in [2.05, 4.69) is 67.6 Å². The minimum atomic E-state index is -0.321. The summed E-state index contributed by atoms with van der Waals surface area (Å²) in [6, 6.07) is 17.7. The van der Waals surface area contributed by atoms with E-state index < -0.39 is 0 Å². The maximum Gasteiger partial charge on any atom is 0.161 e. The molecule has 3 aromatic rings. The largest absolute Gasteiger partial charge is 0.496 e. The molecule has 0 aromatic heterocycles. The van der Waals surface area contributed by atoms with Crippen molar-refractivity contribution in [3.05, 3.63) is 94.1 Å². The van der Waals surface area contributed by atoms with E-state index >= 15 is 0 Å². The summed E-state index contributed by atoms with van der Waals surface area (Å²) in [6.45, 7) is 6.13. The topological polar surface area (TPSA) is 27.7 Å². The van der Waals surface area contributed by atoms with E-state index in [1.54, 1.807) is 21.3 Å². The Kier molecular flexibility index (Phi) is 5.51. The molecular weight excluding hydrogens is 420 g/mol. The van der Waals surface area contributed by atoms with Crippen LogP contribution in [0.1, 0.15) is 54.5 Å². The van der Waals surface area contributed by atoms with E-state index in [0.717, 1.165) is 35.7 Å². The molecule has 174 valence electrons. The van der Waals surface area contributed by atoms with Crippen molar-refractivity contribution in [1.29, 1.82) is 0 Å². The lowest BCUT2D eigenvalue weighted by molar-refractivity contribution is 0.354. The molecule has 0 saturated heterocycles. The molecule has 3 nitrogen and oxygen atoms in total. The zero-order valence-electron chi connectivity index (χ0n) is 20.9. The molecule has 0 N–H and O–H groups in total. The quantitative estimate of drug-likeness (QED) is 0.412. The fourth-order valence-corrected chi connectivity index (χ4v) is 6.13. The molecule has 6 rings (SSSR count). The lowest BCUT2D eigenvalue weighted by atomic mass is 9.68. The van der Waals surface area contributed by atoms with E-state index in [1.165, 1.54) is 44.5 Å². The summed E-state index contributed by atoms with van der Waals surface area (Å²) in [4.78, 5) is 0. The first-order chi connectivity index (χ1) is 16.6. The summed E-state index contributed by atoms with van der Waals surface area (Å²) in [5.74, 6) is 2.42. The van der Waals surface area contributed by atoms with Crippen molar-refractivity contribution in [1.82, 2.24) is 0 Å². The molecular formula is C31H32O3. The minimum Gasteiger partial charge on any atom is -0.496 e. The summed E-state index contributed by atoms with van der Waals surface area (Å²) >= 11 is 0. The first-order valence-corrected chi connectivity index (χ1v) is 12.1. The summed E-state index contributed by atoms with van der Waals surface area (Å²) in [6.07, 6.45) is 6.72. The van der Waals surface area contributed by atoms with Crippen molar-refractivity contribution >= 4 is 5.57 Å². The Morgan fingerprint density at radius 1 is 0.706 bits per heavy atom. The zero-order chi connectivity index (χ0) is 24.0. The Morgan fingerprint density at radius 2 is 1.32 bits per heavy atom. The lowest BCUT2D eigenvalue weighted by Crippen LogP contribution is -2.28. The van der Waals surface area contributed by atoms with Gasteiger partial charge in [-0.15, -0.1) is 0 Å². The van der Waals surface area contributed by atoms with Crippen LogP contribution in [-0.4, -0.2) is 21.3 Å². The van der Waals surface area contributed by atoms with Crippen molar-refractivity contribution < 1.29 is 14.2 Å². The molecule has 3 heteroatoms. The average molecular weight is 453 g/mol. The molecule has 0 aliphatic heterocycles. The number of allylic oxidation sites excluding steroid dienone is 4. The van der Waals surface area contributed by atoms with Crippen molar-refractivity contribution in [2.75, 3.05) is 21.3 Å². The highest BCUT2D eigenvalue weighted by molar-refractivity contribution is 5.98. The lowest BCUT2D eigenvalue weighted by Gasteiger charge is -2.34. The van der Waals surface area contributed by atoms with Gasteiger partial charge in [0, 0.05) is 0 Å². The van der Waals surface area contributed by atoms with Crippen LogP contribution < -0.4 is 14.2 Å². The third-order valence-corrected chi connectivity index (χ3v) is 7.40. The fraction of sp³-hybridized carbons (Fsp3) is 0.290. The number of benzene rings is 3. The van der Waals surface area contributed by atoms with E-state index in [0.29, 0.717) is 0 Å². The predicted molar refractivity (Wildman–Crippen MR) is 139 cm³/mol. The van der Waals surface area contributed by atoms with Crippen LogP contribution in [0.5, 0.6) is 17.2 Å². The number of hydrogen-bond donors (Lipinski definition) is 0. The van der Waals surface area contributed by atoms with Gasteiger partial charge in [-0.1, -0.05) is 56.3 Å². The second-order valence-electron chi connectivity index (χ2n) is 8.75. The Hall–Kier alpha value is -3.46. The Balaban J connectivity index is 0.00000117. The molecule has 3 aliphatic carbocycles. The van der Waals surface area contributed by atoms with Crippen LogP contribution in [-0.2, 0) is 5.41 Å². The van der Waals surface area contributed by atoms with Crippen LogP contribution in [0, 0.1) is 6.92 Å². The van der Waals surface area contributed by atoms with E-state index in [4.69, 9.17) is 14.2 Å². The minimum absolute atomic E-state index is 0.321. The maximum absolute atomic E-state index is 5.78. The highest BCUT2D eigenvalue weighted by Crippen LogP contribution is 2.65. The SMILES string of the molecule is CC.COc1cc2c(cc1C)C1(C3=C(C=CCC3)c3ccccc31)c1cc(OC)c(OC)cc1-2. The number of rotatable bonds is 3. The van der Waals surface area contributed by atoms with Crippen molar-refractivity contribution in [3.63, 3.8) is 0 Å². The van der Waals surface area contributed by atoms with E-state index in [1.807, 2.05) is 13.8 Å². The van der Waals surface area contributed by atoms with E-state index in [9.17, 15) is 0 Å². The molecule has 3 aromatic carbocycles. The average Bonchev–Trinajstić information content (AvgIpc) is 3.34. The molecule has 0 saturated carbocycles. The van der Waals surface area contributed by atoms with Crippen molar-refractivity contribution in [2.45, 2.75) is 39.0 Å².